The lowest BCUT2D eigenvalue weighted by molar-refractivity contribution is -0.135. The van der Waals surface area contributed by atoms with Crippen molar-refractivity contribution in [2.75, 3.05) is 6.54 Å². The predicted molar refractivity (Wildman–Crippen MR) is 95.2 cm³/mol. The first-order valence-corrected chi connectivity index (χ1v) is 8.13. The van der Waals surface area contributed by atoms with E-state index in [4.69, 9.17) is 9.84 Å². The van der Waals surface area contributed by atoms with Crippen molar-refractivity contribution in [3.8, 4) is 11.5 Å². The molecule has 134 valence electrons. The summed E-state index contributed by atoms with van der Waals surface area (Å²) >= 11 is 0. The summed E-state index contributed by atoms with van der Waals surface area (Å²) in [5, 5.41) is 22.3. The Bertz CT molecular complexity index is 947. The number of nitrogens with zero attached hydrogens (tertiary/aromatic N) is 1. The van der Waals surface area contributed by atoms with Crippen molar-refractivity contribution in [3.63, 3.8) is 0 Å². The van der Waals surface area contributed by atoms with E-state index in [0.717, 1.165) is 18.6 Å². The van der Waals surface area contributed by atoms with E-state index in [-0.39, 0.29) is 11.4 Å². The highest BCUT2D eigenvalue weighted by atomic mass is 16.5. The van der Waals surface area contributed by atoms with Crippen molar-refractivity contribution in [3.05, 3.63) is 53.6 Å². The zero-order valence-corrected chi connectivity index (χ0v) is 14.2. The summed E-state index contributed by atoms with van der Waals surface area (Å²) in [6.45, 7) is 1.16. The fourth-order valence-electron chi connectivity index (χ4n) is 2.70. The summed E-state index contributed by atoms with van der Waals surface area (Å²) in [5.41, 5.74) is 0.319. The number of nitrogens with one attached hydrogen (secondary N) is 1. The molecule has 1 heterocycles. The molecule has 0 unspecified atom stereocenters. The molecule has 1 aliphatic carbocycles. The lowest BCUT2D eigenvalue weighted by atomic mass is 10.1. The van der Waals surface area contributed by atoms with Crippen LogP contribution >= 0.6 is 0 Å². The number of fused-ring (bicyclic) bond motifs is 1. The van der Waals surface area contributed by atoms with E-state index in [2.05, 4.69) is 10.3 Å². The summed E-state index contributed by atoms with van der Waals surface area (Å²) in [7, 11) is 0. The second kappa shape index (κ2) is 7.26. The van der Waals surface area contributed by atoms with Crippen molar-refractivity contribution >= 4 is 22.6 Å². The van der Waals surface area contributed by atoms with Crippen LogP contribution in [0.2, 0.25) is 0 Å². The van der Waals surface area contributed by atoms with Crippen LogP contribution < -0.4 is 10.1 Å². The van der Waals surface area contributed by atoms with Crippen LogP contribution in [-0.2, 0) is 4.79 Å². The number of amides is 1. The largest absolute Gasteiger partial charge is 0.505 e. The van der Waals surface area contributed by atoms with E-state index in [9.17, 15) is 14.7 Å². The number of hydrogen-bond donors (Lipinski definition) is 3. The topological polar surface area (TPSA) is 109 Å². The number of carbonyl (C=O) groups excluding carboxylic acids is 1. The van der Waals surface area contributed by atoms with Crippen LogP contribution in [0.3, 0.4) is 0 Å². The fourth-order valence-corrected chi connectivity index (χ4v) is 2.70. The molecular formula is C19H18N2O5. The molecule has 1 aromatic heterocycles. The van der Waals surface area contributed by atoms with E-state index < -0.39 is 18.4 Å². The average molecular weight is 354 g/mol. The van der Waals surface area contributed by atoms with E-state index in [1.807, 2.05) is 18.2 Å². The third kappa shape index (κ3) is 3.66. The van der Waals surface area contributed by atoms with Crippen molar-refractivity contribution in [1.29, 1.82) is 0 Å². The van der Waals surface area contributed by atoms with Gasteiger partial charge in [0, 0.05) is 16.5 Å². The minimum atomic E-state index is -1.18. The smallest absolute Gasteiger partial charge is 0.322 e. The molecule has 7 nitrogen and oxygen atoms in total. The highest BCUT2D eigenvalue weighted by Gasteiger charge is 2.19. The van der Waals surface area contributed by atoms with Gasteiger partial charge in [-0.15, -0.1) is 0 Å². The number of carboxylic acids is 1. The Morgan fingerprint density at radius 2 is 2.08 bits per heavy atom. The molecule has 0 radical (unpaired) electrons. The number of carboxylic acid groups (broad SMARTS) is 1. The van der Waals surface area contributed by atoms with Crippen LogP contribution in [0.25, 0.3) is 10.8 Å². The zero-order valence-electron chi connectivity index (χ0n) is 14.2. The van der Waals surface area contributed by atoms with Crippen LogP contribution in [-0.4, -0.2) is 33.6 Å². The van der Waals surface area contributed by atoms with E-state index in [1.165, 1.54) is 0 Å². The maximum absolute atomic E-state index is 12.1. The fraction of sp³-hybridized carbons (Fsp3) is 0.211. The van der Waals surface area contributed by atoms with Gasteiger partial charge in [0.1, 0.15) is 18.1 Å². The third-order valence-corrected chi connectivity index (χ3v) is 3.95. The second-order valence-electron chi connectivity index (χ2n) is 5.87. The molecule has 3 N–H and O–H groups in total. The Labute approximate surface area is 149 Å². The van der Waals surface area contributed by atoms with Gasteiger partial charge >= 0.3 is 5.97 Å². The average Bonchev–Trinajstić information content (AvgIpc) is 2.63. The lowest BCUT2D eigenvalue weighted by Gasteiger charge is -2.13. The predicted octanol–water partition coefficient (Wildman–Crippen LogP) is 2.68. The normalized spacial score (nSPS) is 13.3. The van der Waals surface area contributed by atoms with Crippen molar-refractivity contribution in [2.45, 2.75) is 19.8 Å². The van der Waals surface area contributed by atoms with Gasteiger partial charge in [-0.1, -0.05) is 6.08 Å². The van der Waals surface area contributed by atoms with Crippen molar-refractivity contribution in [1.82, 2.24) is 10.3 Å². The Hall–Kier alpha value is -3.35. The lowest BCUT2D eigenvalue weighted by Crippen LogP contribution is -2.30. The van der Waals surface area contributed by atoms with Gasteiger partial charge in [-0.05, 0) is 50.1 Å². The number of ether oxygens (including phenoxy) is 1. The van der Waals surface area contributed by atoms with Gasteiger partial charge in [-0.25, -0.2) is 4.98 Å². The van der Waals surface area contributed by atoms with Crippen LogP contribution in [0, 0.1) is 6.92 Å². The number of aromatic hydroxyl groups is 1. The molecule has 3 rings (SSSR count). The van der Waals surface area contributed by atoms with Crippen LogP contribution in [0.15, 0.2) is 42.2 Å². The summed E-state index contributed by atoms with van der Waals surface area (Å²) in [6, 6.07) is 5.10. The molecule has 0 spiro atoms. The Kier molecular flexibility index (Phi) is 4.88. The van der Waals surface area contributed by atoms with Gasteiger partial charge in [0.05, 0.1) is 0 Å². The van der Waals surface area contributed by atoms with Gasteiger partial charge in [-0.3, -0.25) is 9.59 Å². The van der Waals surface area contributed by atoms with Crippen molar-refractivity contribution < 1.29 is 24.5 Å². The molecular weight excluding hydrogens is 336 g/mol. The maximum atomic E-state index is 12.1. The Balaban J connectivity index is 1.93. The zero-order chi connectivity index (χ0) is 18.7. The number of benzene rings is 1. The summed E-state index contributed by atoms with van der Waals surface area (Å²) < 4.78 is 5.82. The standard InChI is InChI=1S/C19H18N2O5/c1-11-15-9-13(26-12-5-3-2-4-6-12)7-8-14(15)18(24)17(21-11)19(25)20-10-16(22)23/h3,5-9,24H,2,4,10H2,1H3,(H,20,25)(H,22,23). The second-order valence-corrected chi connectivity index (χ2v) is 5.87. The molecule has 2 aromatic rings. The molecule has 0 aliphatic heterocycles. The number of aromatic nitrogens is 1. The summed E-state index contributed by atoms with van der Waals surface area (Å²) in [6.07, 6.45) is 7.87. The number of carbonyl (C=O) groups is 2. The maximum Gasteiger partial charge on any atom is 0.322 e. The van der Waals surface area contributed by atoms with Gasteiger partial charge in [0.2, 0.25) is 0 Å². The van der Waals surface area contributed by atoms with Crippen LogP contribution in [0.1, 0.15) is 29.0 Å². The Morgan fingerprint density at radius 3 is 2.77 bits per heavy atom. The first kappa shape index (κ1) is 17.5. The number of pyridine rings is 1. The SMILES string of the molecule is Cc1nc(C(=O)NCC(=O)O)c(O)c2ccc(OC3=CCCC=C3)cc12. The van der Waals surface area contributed by atoms with E-state index >= 15 is 0 Å². The summed E-state index contributed by atoms with van der Waals surface area (Å²) in [5.74, 6) is -0.856. The molecule has 0 saturated carbocycles. The molecule has 0 fully saturated rings. The highest BCUT2D eigenvalue weighted by molar-refractivity contribution is 6.03. The van der Waals surface area contributed by atoms with Gasteiger partial charge < -0.3 is 20.3 Å². The molecule has 0 bridgehead atoms. The Morgan fingerprint density at radius 1 is 1.27 bits per heavy atom. The number of aliphatic carboxylic acids is 1. The van der Waals surface area contributed by atoms with Crippen LogP contribution in [0.4, 0.5) is 0 Å². The first-order valence-electron chi connectivity index (χ1n) is 8.13. The minimum Gasteiger partial charge on any atom is -0.505 e. The van der Waals surface area contributed by atoms with Gasteiger partial charge in [0.15, 0.2) is 11.4 Å². The van der Waals surface area contributed by atoms with E-state index in [0.29, 0.717) is 22.2 Å². The molecule has 26 heavy (non-hydrogen) atoms. The van der Waals surface area contributed by atoms with Crippen LogP contribution in [0.5, 0.6) is 11.5 Å². The number of hydrogen-bond acceptors (Lipinski definition) is 5. The molecule has 0 saturated heterocycles. The number of aryl methyl sites for hydroxylation is 1. The summed E-state index contributed by atoms with van der Waals surface area (Å²) in [4.78, 5) is 26.8. The molecule has 1 amide bonds. The quantitative estimate of drug-likeness (QED) is 0.762. The van der Waals surface area contributed by atoms with Gasteiger partial charge in [-0.2, -0.15) is 0 Å². The monoisotopic (exact) mass is 354 g/mol. The molecule has 1 aromatic carbocycles. The first-order chi connectivity index (χ1) is 12.5. The molecule has 1 aliphatic rings. The third-order valence-electron chi connectivity index (χ3n) is 3.95. The van der Waals surface area contributed by atoms with Gasteiger partial charge in [0.25, 0.3) is 5.91 Å². The highest BCUT2D eigenvalue weighted by Crippen LogP contribution is 2.32. The minimum absolute atomic E-state index is 0.206. The van der Waals surface area contributed by atoms with Crippen molar-refractivity contribution in [2.24, 2.45) is 0 Å². The van der Waals surface area contributed by atoms with E-state index in [1.54, 1.807) is 25.1 Å². The number of rotatable bonds is 5. The molecule has 7 heteroatoms. The number of allylic oxidation sites excluding steroid dienone is 3. The molecule has 0 atom stereocenters.